The van der Waals surface area contributed by atoms with E-state index in [2.05, 4.69) is 15.0 Å². The maximum Gasteiger partial charge on any atom is 0.325 e. The van der Waals surface area contributed by atoms with E-state index >= 15 is 0 Å². The van der Waals surface area contributed by atoms with Crippen molar-refractivity contribution in [3.8, 4) is 0 Å². The van der Waals surface area contributed by atoms with Crippen LogP contribution in [0.15, 0.2) is 34.2 Å². The van der Waals surface area contributed by atoms with Gasteiger partial charge in [0.15, 0.2) is 5.16 Å². The number of amides is 1. The average molecular weight is 377 g/mol. The minimum atomic E-state index is -0.552. The quantitative estimate of drug-likeness (QED) is 0.450. The number of fused-ring (bicyclic) bond motifs is 1. The van der Waals surface area contributed by atoms with Crippen molar-refractivity contribution in [3.63, 3.8) is 0 Å². The van der Waals surface area contributed by atoms with Gasteiger partial charge >= 0.3 is 5.97 Å². The molecule has 0 aliphatic rings. The van der Waals surface area contributed by atoms with Gasteiger partial charge in [-0.2, -0.15) is 0 Å². The maximum absolute atomic E-state index is 12.7. The van der Waals surface area contributed by atoms with E-state index in [0.717, 1.165) is 11.8 Å². The Balaban J connectivity index is 2.29. The Morgan fingerprint density at radius 2 is 1.96 bits per heavy atom. The molecule has 1 N–H and O–H groups in total. The molecule has 0 aliphatic carbocycles. The van der Waals surface area contributed by atoms with Crippen LogP contribution in [0.2, 0.25) is 0 Å². The van der Waals surface area contributed by atoms with Crippen molar-refractivity contribution < 1.29 is 14.3 Å². The molecule has 7 nitrogen and oxygen atoms in total. The van der Waals surface area contributed by atoms with E-state index in [9.17, 15) is 14.4 Å². The minimum absolute atomic E-state index is 0.0462. The zero-order chi connectivity index (χ0) is 19.3. The molecule has 0 fully saturated rings. The van der Waals surface area contributed by atoms with E-state index in [4.69, 9.17) is 0 Å². The highest BCUT2D eigenvalue weighted by Gasteiger charge is 2.17. The van der Waals surface area contributed by atoms with E-state index in [1.807, 2.05) is 20.8 Å². The third-order valence-electron chi connectivity index (χ3n) is 4.06. The number of aromatic nitrogens is 2. The number of thioether (sulfide) groups is 1. The fourth-order valence-corrected chi connectivity index (χ4v) is 2.99. The Morgan fingerprint density at radius 1 is 1.27 bits per heavy atom. The molecule has 8 heteroatoms. The number of methoxy groups -OCH3 is 1. The number of carbonyl (C=O) groups excluding carboxylic acids is 2. The number of hydrogen-bond donors (Lipinski definition) is 1. The van der Waals surface area contributed by atoms with Crippen LogP contribution in [-0.2, 0) is 20.9 Å². The summed E-state index contributed by atoms with van der Waals surface area (Å²) in [6.07, 6.45) is 0. The van der Waals surface area contributed by atoms with Crippen molar-refractivity contribution in [2.45, 2.75) is 38.5 Å². The molecular formula is C18H23N3O4S. The zero-order valence-electron chi connectivity index (χ0n) is 15.3. The molecule has 0 saturated carbocycles. The molecule has 1 aromatic carbocycles. The second-order valence-corrected chi connectivity index (χ2v) is 7.21. The van der Waals surface area contributed by atoms with Gasteiger partial charge in [-0.05, 0) is 25.0 Å². The van der Waals surface area contributed by atoms with Gasteiger partial charge in [0.05, 0.1) is 23.8 Å². The number of esters is 1. The van der Waals surface area contributed by atoms with E-state index < -0.39 is 5.97 Å². The van der Waals surface area contributed by atoms with Crippen molar-refractivity contribution in [2.75, 3.05) is 12.9 Å². The van der Waals surface area contributed by atoms with Crippen molar-refractivity contribution in [3.05, 3.63) is 34.6 Å². The number of para-hydroxylation sites is 1. The van der Waals surface area contributed by atoms with Gasteiger partial charge < -0.3 is 10.1 Å². The van der Waals surface area contributed by atoms with Crippen LogP contribution in [0.5, 0.6) is 0 Å². The predicted molar refractivity (Wildman–Crippen MR) is 101 cm³/mol. The first kappa shape index (κ1) is 20.0. The molecule has 1 atom stereocenters. The molecule has 1 heterocycles. The monoisotopic (exact) mass is 377 g/mol. The summed E-state index contributed by atoms with van der Waals surface area (Å²) in [4.78, 5) is 41.0. The molecule has 0 spiro atoms. The number of hydrogen-bond acceptors (Lipinski definition) is 6. The first-order valence-electron chi connectivity index (χ1n) is 8.32. The molecule has 0 bridgehead atoms. The Morgan fingerprint density at radius 3 is 2.62 bits per heavy atom. The Bertz CT molecular complexity index is 863. The molecule has 26 heavy (non-hydrogen) atoms. The molecule has 1 amide bonds. The van der Waals surface area contributed by atoms with Gasteiger partial charge in [-0.25, -0.2) is 4.98 Å². The van der Waals surface area contributed by atoms with E-state index in [1.165, 1.54) is 11.7 Å². The second kappa shape index (κ2) is 8.84. The number of nitrogens with one attached hydrogen (secondary N) is 1. The Kier molecular flexibility index (Phi) is 6.79. The van der Waals surface area contributed by atoms with E-state index in [-0.39, 0.29) is 29.8 Å². The smallest absolute Gasteiger partial charge is 0.325 e. The fraction of sp³-hybridized carbons (Fsp3) is 0.444. The van der Waals surface area contributed by atoms with Gasteiger partial charge in [0.2, 0.25) is 5.91 Å². The first-order chi connectivity index (χ1) is 12.3. The van der Waals surface area contributed by atoms with Gasteiger partial charge in [0.1, 0.15) is 6.54 Å². The third-order valence-corrected chi connectivity index (χ3v) is 5.04. The molecule has 2 rings (SSSR count). The second-order valence-electron chi connectivity index (χ2n) is 6.27. The van der Waals surface area contributed by atoms with Gasteiger partial charge in [-0.3, -0.25) is 19.0 Å². The van der Waals surface area contributed by atoms with Crippen LogP contribution >= 0.6 is 11.8 Å². The summed E-state index contributed by atoms with van der Waals surface area (Å²) in [5.41, 5.74) is 0.191. The van der Waals surface area contributed by atoms with Gasteiger partial charge in [0, 0.05) is 6.04 Å². The van der Waals surface area contributed by atoms with Crippen LogP contribution in [0.1, 0.15) is 20.8 Å². The number of carbonyl (C=O) groups is 2. The normalized spacial score (nSPS) is 12.2. The summed E-state index contributed by atoms with van der Waals surface area (Å²) in [6.45, 7) is 5.74. The average Bonchev–Trinajstić information content (AvgIpc) is 2.62. The molecule has 2 aromatic rings. The summed E-state index contributed by atoms with van der Waals surface area (Å²) in [5, 5.41) is 3.63. The number of benzene rings is 1. The summed E-state index contributed by atoms with van der Waals surface area (Å²) in [7, 11) is 1.26. The SMILES string of the molecule is COC(=O)Cn1c(SCC(=O)N[C@@H](C)C(C)C)nc2ccccc2c1=O. The van der Waals surface area contributed by atoms with Gasteiger partial charge in [0.25, 0.3) is 5.56 Å². The van der Waals surface area contributed by atoms with Crippen molar-refractivity contribution in [1.82, 2.24) is 14.9 Å². The van der Waals surface area contributed by atoms with Crippen molar-refractivity contribution in [2.24, 2.45) is 5.92 Å². The lowest BCUT2D eigenvalue weighted by Gasteiger charge is -2.17. The number of ether oxygens (including phenoxy) is 1. The predicted octanol–water partition coefficient (Wildman–Crippen LogP) is 1.82. The maximum atomic E-state index is 12.7. The third kappa shape index (κ3) is 4.85. The topological polar surface area (TPSA) is 90.3 Å². The Hall–Kier alpha value is -2.35. The summed E-state index contributed by atoms with van der Waals surface area (Å²) in [6, 6.07) is 6.95. The van der Waals surface area contributed by atoms with Crippen LogP contribution in [0.4, 0.5) is 0 Å². The van der Waals surface area contributed by atoms with Crippen LogP contribution in [-0.4, -0.2) is 40.3 Å². The molecule has 0 radical (unpaired) electrons. The molecular weight excluding hydrogens is 354 g/mol. The highest BCUT2D eigenvalue weighted by Crippen LogP contribution is 2.18. The van der Waals surface area contributed by atoms with E-state index in [1.54, 1.807) is 24.3 Å². The highest BCUT2D eigenvalue weighted by molar-refractivity contribution is 7.99. The van der Waals surface area contributed by atoms with Gasteiger partial charge in [-0.15, -0.1) is 0 Å². The molecule has 0 aliphatic heterocycles. The standard InChI is InChI=1S/C18H23N3O4S/c1-11(2)12(3)19-15(22)10-26-18-20-14-8-6-5-7-13(14)17(24)21(18)9-16(23)25-4/h5-8,11-12H,9-10H2,1-4H3,(H,19,22)/t12-/m0/s1. The lowest BCUT2D eigenvalue weighted by molar-refractivity contribution is -0.141. The van der Waals surface area contributed by atoms with Crippen molar-refractivity contribution >= 4 is 34.5 Å². The largest absolute Gasteiger partial charge is 0.468 e. The first-order valence-corrected chi connectivity index (χ1v) is 9.30. The van der Waals surface area contributed by atoms with Crippen LogP contribution in [0, 0.1) is 5.92 Å². The zero-order valence-corrected chi connectivity index (χ0v) is 16.1. The number of nitrogens with zero attached hydrogens (tertiary/aromatic N) is 2. The fourth-order valence-electron chi connectivity index (χ4n) is 2.18. The molecule has 0 saturated heterocycles. The van der Waals surface area contributed by atoms with Crippen LogP contribution < -0.4 is 10.9 Å². The number of rotatable bonds is 7. The minimum Gasteiger partial charge on any atom is -0.468 e. The van der Waals surface area contributed by atoms with Crippen LogP contribution in [0.25, 0.3) is 10.9 Å². The molecule has 140 valence electrons. The lowest BCUT2D eigenvalue weighted by atomic mass is 10.1. The summed E-state index contributed by atoms with van der Waals surface area (Å²) >= 11 is 1.12. The lowest BCUT2D eigenvalue weighted by Crippen LogP contribution is -2.37. The van der Waals surface area contributed by atoms with Crippen molar-refractivity contribution in [1.29, 1.82) is 0 Å². The van der Waals surface area contributed by atoms with Crippen LogP contribution in [0.3, 0.4) is 0 Å². The van der Waals surface area contributed by atoms with E-state index in [0.29, 0.717) is 22.0 Å². The molecule has 0 unspecified atom stereocenters. The summed E-state index contributed by atoms with van der Waals surface area (Å²) in [5.74, 6) is -0.282. The Labute approximate surface area is 156 Å². The highest BCUT2D eigenvalue weighted by atomic mass is 32.2. The molecule has 1 aromatic heterocycles. The van der Waals surface area contributed by atoms with Gasteiger partial charge in [-0.1, -0.05) is 37.7 Å². The summed E-state index contributed by atoms with van der Waals surface area (Å²) < 4.78 is 5.91.